The molecule has 0 radical (unpaired) electrons. The van der Waals surface area contributed by atoms with Gasteiger partial charge in [-0.2, -0.15) is 0 Å². The third-order valence-corrected chi connectivity index (χ3v) is 7.21. The van der Waals surface area contributed by atoms with Crippen molar-refractivity contribution in [2.24, 2.45) is 5.41 Å². The number of benzene rings is 3. The maximum Gasteiger partial charge on any atom is 0.0780 e. The molecular formula is C31H33N. The average Bonchev–Trinajstić information content (AvgIpc) is 3.12. The number of nitrogens with zero attached hydrogens (tertiary/aromatic N) is 1. The summed E-state index contributed by atoms with van der Waals surface area (Å²) in [6, 6.07) is 22.7. The van der Waals surface area contributed by atoms with Gasteiger partial charge in [0.25, 0.3) is 0 Å². The van der Waals surface area contributed by atoms with Crippen molar-refractivity contribution in [2.45, 2.75) is 59.8 Å². The molecule has 1 aliphatic rings. The molecule has 0 saturated heterocycles. The molecule has 5 rings (SSSR count). The molecular weight excluding hydrogens is 386 g/mol. The van der Waals surface area contributed by atoms with Crippen LogP contribution in [0.5, 0.6) is 0 Å². The Kier molecular flexibility index (Phi) is 5.16. The van der Waals surface area contributed by atoms with Crippen LogP contribution < -0.4 is 0 Å². The lowest BCUT2D eigenvalue weighted by atomic mass is 9.87. The third kappa shape index (κ3) is 3.97. The van der Waals surface area contributed by atoms with Gasteiger partial charge in [0.15, 0.2) is 0 Å². The molecule has 1 aromatic heterocycles. The summed E-state index contributed by atoms with van der Waals surface area (Å²) >= 11 is 0. The monoisotopic (exact) mass is 419 g/mol. The SMILES string of the molecule is Cc1ccc(-c2cnc(-c3cc(C)cc(C)c3)c3ccc(C4CCC(C)(C)C4)cc23)cc1. The molecule has 1 nitrogen and oxygen atoms in total. The lowest BCUT2D eigenvalue weighted by Gasteiger charge is -2.19. The van der Waals surface area contributed by atoms with Crippen LogP contribution in [0.4, 0.5) is 0 Å². The van der Waals surface area contributed by atoms with E-state index in [4.69, 9.17) is 4.98 Å². The number of fused-ring (bicyclic) bond motifs is 1. The summed E-state index contributed by atoms with van der Waals surface area (Å²) in [5.41, 5.74) is 10.5. The van der Waals surface area contributed by atoms with Gasteiger partial charge in [-0.1, -0.05) is 79.1 Å². The van der Waals surface area contributed by atoms with Crippen molar-refractivity contribution in [1.29, 1.82) is 0 Å². The molecule has 1 atom stereocenters. The molecule has 0 bridgehead atoms. The minimum atomic E-state index is 0.446. The number of aromatic nitrogens is 1. The van der Waals surface area contributed by atoms with E-state index in [1.807, 2.05) is 0 Å². The highest BCUT2D eigenvalue weighted by Crippen LogP contribution is 2.47. The van der Waals surface area contributed by atoms with E-state index in [0.29, 0.717) is 11.3 Å². The molecule has 1 fully saturated rings. The van der Waals surface area contributed by atoms with Crippen LogP contribution in [0.2, 0.25) is 0 Å². The predicted molar refractivity (Wildman–Crippen MR) is 137 cm³/mol. The van der Waals surface area contributed by atoms with Crippen LogP contribution in [0.15, 0.2) is 66.9 Å². The van der Waals surface area contributed by atoms with E-state index in [2.05, 4.69) is 101 Å². The van der Waals surface area contributed by atoms with Crippen LogP contribution in [0.1, 0.15) is 61.3 Å². The molecule has 1 heteroatoms. The van der Waals surface area contributed by atoms with Crippen LogP contribution in [0.3, 0.4) is 0 Å². The summed E-state index contributed by atoms with van der Waals surface area (Å²) in [5, 5.41) is 2.56. The zero-order valence-corrected chi connectivity index (χ0v) is 20.0. The summed E-state index contributed by atoms with van der Waals surface area (Å²) in [6.07, 6.45) is 5.95. The van der Waals surface area contributed by atoms with Crippen molar-refractivity contribution in [2.75, 3.05) is 0 Å². The highest BCUT2D eigenvalue weighted by atomic mass is 14.7. The summed E-state index contributed by atoms with van der Waals surface area (Å²) in [4.78, 5) is 5.01. The Morgan fingerprint density at radius 3 is 2.12 bits per heavy atom. The van der Waals surface area contributed by atoms with Crippen LogP contribution in [0.25, 0.3) is 33.2 Å². The standard InChI is InChI=1S/C31H33N/c1-20-6-8-23(9-7-20)29-19-32-30(26-15-21(2)14-22(3)16-26)27-11-10-24(17-28(27)29)25-12-13-31(4,5)18-25/h6-11,14-17,19,25H,12-13,18H2,1-5H3. The van der Waals surface area contributed by atoms with Gasteiger partial charge in [0.1, 0.15) is 0 Å². The van der Waals surface area contributed by atoms with Crippen molar-refractivity contribution in [3.05, 3.63) is 89.1 Å². The average molecular weight is 420 g/mol. The number of aryl methyl sites for hydroxylation is 3. The molecule has 0 N–H and O–H groups in total. The second-order valence-electron chi connectivity index (χ2n) is 10.7. The van der Waals surface area contributed by atoms with Gasteiger partial charge in [-0.15, -0.1) is 0 Å². The molecule has 0 aliphatic heterocycles. The predicted octanol–water partition coefficient (Wildman–Crippen LogP) is 8.79. The summed E-state index contributed by atoms with van der Waals surface area (Å²) in [7, 11) is 0. The van der Waals surface area contributed by atoms with E-state index in [0.717, 1.165) is 5.69 Å². The highest BCUT2D eigenvalue weighted by molar-refractivity contribution is 6.03. The minimum Gasteiger partial charge on any atom is -0.255 e. The number of pyridine rings is 1. The summed E-state index contributed by atoms with van der Waals surface area (Å²) < 4.78 is 0. The molecule has 3 aromatic carbocycles. The Morgan fingerprint density at radius 1 is 0.750 bits per heavy atom. The zero-order valence-electron chi connectivity index (χ0n) is 20.0. The van der Waals surface area contributed by atoms with Crippen molar-refractivity contribution in [1.82, 2.24) is 4.98 Å². The Bertz CT molecular complexity index is 1270. The van der Waals surface area contributed by atoms with E-state index in [1.165, 1.54) is 69.0 Å². The Hall–Kier alpha value is -2.93. The Balaban J connectivity index is 1.72. The first-order valence-corrected chi connectivity index (χ1v) is 11.9. The van der Waals surface area contributed by atoms with E-state index in [9.17, 15) is 0 Å². The second-order valence-corrected chi connectivity index (χ2v) is 10.7. The van der Waals surface area contributed by atoms with Gasteiger partial charge in [0.2, 0.25) is 0 Å². The number of hydrogen-bond donors (Lipinski definition) is 0. The third-order valence-electron chi connectivity index (χ3n) is 7.21. The second kappa shape index (κ2) is 7.89. The minimum absolute atomic E-state index is 0.446. The fraction of sp³-hybridized carbons (Fsp3) is 0.323. The van der Waals surface area contributed by atoms with Gasteiger partial charge in [0, 0.05) is 22.7 Å². The van der Waals surface area contributed by atoms with Gasteiger partial charge in [-0.05, 0) is 80.0 Å². The first-order chi connectivity index (χ1) is 15.3. The van der Waals surface area contributed by atoms with Crippen LogP contribution in [0, 0.1) is 26.2 Å². The molecule has 32 heavy (non-hydrogen) atoms. The largest absolute Gasteiger partial charge is 0.255 e. The Labute approximate surface area is 192 Å². The van der Waals surface area contributed by atoms with E-state index in [1.54, 1.807) is 0 Å². The summed E-state index contributed by atoms with van der Waals surface area (Å²) in [5.74, 6) is 0.651. The van der Waals surface area contributed by atoms with Gasteiger partial charge in [0.05, 0.1) is 5.69 Å². The quantitative estimate of drug-likeness (QED) is 0.323. The molecule has 1 unspecified atom stereocenters. The van der Waals surface area contributed by atoms with Gasteiger partial charge < -0.3 is 0 Å². The van der Waals surface area contributed by atoms with Gasteiger partial charge >= 0.3 is 0 Å². The van der Waals surface area contributed by atoms with E-state index >= 15 is 0 Å². The molecule has 1 saturated carbocycles. The molecule has 0 spiro atoms. The number of rotatable bonds is 3. The molecule has 1 heterocycles. The van der Waals surface area contributed by atoms with Gasteiger partial charge in [-0.3, -0.25) is 4.98 Å². The zero-order chi connectivity index (χ0) is 22.5. The Morgan fingerprint density at radius 2 is 1.47 bits per heavy atom. The molecule has 0 amide bonds. The van der Waals surface area contributed by atoms with Crippen molar-refractivity contribution in [3.8, 4) is 22.4 Å². The fourth-order valence-corrected chi connectivity index (χ4v) is 5.54. The van der Waals surface area contributed by atoms with Crippen LogP contribution in [-0.2, 0) is 0 Å². The van der Waals surface area contributed by atoms with Crippen molar-refractivity contribution >= 4 is 10.8 Å². The lowest BCUT2D eigenvalue weighted by Crippen LogP contribution is -2.04. The van der Waals surface area contributed by atoms with Crippen LogP contribution >= 0.6 is 0 Å². The maximum atomic E-state index is 5.01. The normalized spacial score (nSPS) is 17.7. The highest BCUT2D eigenvalue weighted by Gasteiger charge is 2.32. The molecule has 162 valence electrons. The lowest BCUT2D eigenvalue weighted by molar-refractivity contribution is 0.376. The van der Waals surface area contributed by atoms with Crippen molar-refractivity contribution < 1.29 is 0 Å². The molecule has 1 aliphatic carbocycles. The topological polar surface area (TPSA) is 12.9 Å². The first-order valence-electron chi connectivity index (χ1n) is 11.9. The maximum absolute atomic E-state index is 5.01. The van der Waals surface area contributed by atoms with E-state index < -0.39 is 0 Å². The fourth-order valence-electron chi connectivity index (χ4n) is 5.54. The van der Waals surface area contributed by atoms with Gasteiger partial charge in [-0.25, -0.2) is 0 Å². The molecule has 4 aromatic rings. The van der Waals surface area contributed by atoms with Crippen LogP contribution in [-0.4, -0.2) is 4.98 Å². The number of hydrogen-bond acceptors (Lipinski definition) is 1. The van der Waals surface area contributed by atoms with E-state index in [-0.39, 0.29) is 0 Å². The first kappa shape index (κ1) is 20.9. The smallest absolute Gasteiger partial charge is 0.0780 e. The van der Waals surface area contributed by atoms with Crippen molar-refractivity contribution in [3.63, 3.8) is 0 Å². The summed E-state index contributed by atoms with van der Waals surface area (Å²) in [6.45, 7) is 11.3.